The van der Waals surface area contributed by atoms with Gasteiger partial charge in [-0.05, 0) is 86.8 Å². The van der Waals surface area contributed by atoms with Crippen molar-refractivity contribution in [3.63, 3.8) is 0 Å². The molecule has 0 heterocycles. The average Bonchev–Trinajstić information content (AvgIpc) is 2.71. The van der Waals surface area contributed by atoms with Crippen molar-refractivity contribution in [1.29, 1.82) is 5.26 Å². The molecule has 2 aliphatic rings. The summed E-state index contributed by atoms with van der Waals surface area (Å²) in [4.78, 5) is 0. The average molecular weight is 407 g/mol. The summed E-state index contributed by atoms with van der Waals surface area (Å²) in [7, 11) is 0. The second-order valence-corrected chi connectivity index (χ2v) is 8.19. The number of ether oxygens (including phenoxy) is 2. The van der Waals surface area contributed by atoms with Gasteiger partial charge >= 0.3 is 6.36 Å². The quantitative estimate of drug-likeness (QED) is 0.505. The molecule has 0 radical (unpaired) electrons. The van der Waals surface area contributed by atoms with Gasteiger partial charge in [-0.25, -0.2) is 0 Å². The summed E-state index contributed by atoms with van der Waals surface area (Å²) in [5.41, 5.74) is 1.09. The summed E-state index contributed by atoms with van der Waals surface area (Å²) in [6.07, 6.45) is 7.83. The lowest BCUT2D eigenvalue weighted by atomic mass is 9.79. The molecule has 0 bridgehead atoms. The van der Waals surface area contributed by atoms with Gasteiger partial charge in [-0.15, -0.1) is 13.2 Å². The number of alkyl halides is 3. The minimum atomic E-state index is -4.65. The van der Waals surface area contributed by atoms with Gasteiger partial charge in [0.05, 0.1) is 12.2 Å². The summed E-state index contributed by atoms with van der Waals surface area (Å²) >= 11 is 0. The highest BCUT2D eigenvalue weighted by Gasteiger charge is 2.31. The first-order chi connectivity index (χ1) is 13.9. The Hall–Kier alpha value is -2.00. The highest BCUT2D eigenvalue weighted by Crippen LogP contribution is 2.37. The summed E-state index contributed by atoms with van der Waals surface area (Å²) in [6.45, 7) is 0.800. The molecule has 0 N–H and O–H groups in total. The molecular weight excluding hydrogens is 379 g/mol. The van der Waals surface area contributed by atoms with E-state index < -0.39 is 6.36 Å². The summed E-state index contributed by atoms with van der Waals surface area (Å²) < 4.78 is 46.9. The van der Waals surface area contributed by atoms with Gasteiger partial charge in [-0.3, -0.25) is 0 Å². The Morgan fingerprint density at radius 3 is 2.21 bits per heavy atom. The molecule has 0 aromatic heterocycles. The van der Waals surface area contributed by atoms with E-state index in [0.717, 1.165) is 63.5 Å². The Balaban J connectivity index is 1.37. The van der Waals surface area contributed by atoms with Crippen LogP contribution in [0.25, 0.3) is 0 Å². The fourth-order valence-corrected chi connectivity index (χ4v) is 4.50. The molecule has 2 fully saturated rings. The van der Waals surface area contributed by atoms with E-state index in [1.165, 1.54) is 12.1 Å². The second-order valence-electron chi connectivity index (χ2n) is 8.19. The van der Waals surface area contributed by atoms with Crippen molar-refractivity contribution < 1.29 is 22.6 Å². The van der Waals surface area contributed by atoms with Crippen LogP contribution in [0.4, 0.5) is 13.2 Å². The van der Waals surface area contributed by atoms with Gasteiger partial charge in [0.2, 0.25) is 0 Å². The molecule has 0 spiro atoms. The number of rotatable bonds is 6. The first-order valence-corrected chi connectivity index (χ1v) is 10.5. The van der Waals surface area contributed by atoms with Crippen LogP contribution in [0.3, 0.4) is 0 Å². The fraction of sp³-hybridized carbons (Fsp3) is 0.609. The van der Waals surface area contributed by atoms with Gasteiger partial charge in [0, 0.05) is 12.7 Å². The van der Waals surface area contributed by atoms with Crippen molar-refractivity contribution in [3.05, 3.63) is 42.0 Å². The standard InChI is InChI=1S/C23H28F3NO2/c24-23(25,26)29-22-13-9-20(10-14-22)19-7-3-18(4-8-19)16-28-21-11-5-17(6-12-21)2-1-15-27/h1-2,9-10,13-14,17-19,21H,3-8,11-12,16H2/b2-1+. The van der Waals surface area contributed by atoms with Crippen molar-refractivity contribution >= 4 is 0 Å². The van der Waals surface area contributed by atoms with E-state index in [-0.39, 0.29) is 5.75 Å². The van der Waals surface area contributed by atoms with Gasteiger partial charge < -0.3 is 9.47 Å². The molecule has 0 amide bonds. The first-order valence-electron chi connectivity index (χ1n) is 10.5. The molecule has 1 aromatic rings. The van der Waals surface area contributed by atoms with Crippen LogP contribution in [0, 0.1) is 23.2 Å². The SMILES string of the molecule is N#C/C=C/C1CCC(OCC2CCC(c3ccc(OC(F)(F)F)cc3)CC2)CC1. The number of nitriles is 1. The third-order valence-corrected chi connectivity index (χ3v) is 6.16. The van der Waals surface area contributed by atoms with Crippen LogP contribution in [-0.2, 0) is 4.74 Å². The van der Waals surface area contributed by atoms with Crippen molar-refractivity contribution in [2.75, 3.05) is 6.61 Å². The van der Waals surface area contributed by atoms with E-state index in [2.05, 4.69) is 10.8 Å². The first kappa shape index (κ1) is 21.7. The van der Waals surface area contributed by atoms with Gasteiger partial charge in [-0.2, -0.15) is 5.26 Å². The topological polar surface area (TPSA) is 42.2 Å². The second kappa shape index (κ2) is 10.2. The Morgan fingerprint density at radius 2 is 1.62 bits per heavy atom. The molecule has 0 saturated heterocycles. The summed E-state index contributed by atoms with van der Waals surface area (Å²) in [5, 5.41) is 8.61. The zero-order valence-corrected chi connectivity index (χ0v) is 16.5. The fourth-order valence-electron chi connectivity index (χ4n) is 4.50. The van der Waals surface area contributed by atoms with E-state index in [0.29, 0.717) is 23.9 Å². The summed E-state index contributed by atoms with van der Waals surface area (Å²) in [5.74, 6) is 1.31. The molecular formula is C23H28F3NO2. The molecule has 1 aromatic carbocycles. The van der Waals surface area contributed by atoms with Crippen molar-refractivity contribution in [1.82, 2.24) is 0 Å². The maximum absolute atomic E-state index is 12.3. The Morgan fingerprint density at radius 1 is 0.966 bits per heavy atom. The zero-order valence-electron chi connectivity index (χ0n) is 16.5. The van der Waals surface area contributed by atoms with E-state index in [1.807, 2.05) is 6.08 Å². The molecule has 6 heteroatoms. The maximum Gasteiger partial charge on any atom is 0.573 e. The third-order valence-electron chi connectivity index (χ3n) is 6.16. The largest absolute Gasteiger partial charge is 0.573 e. The van der Waals surface area contributed by atoms with Crippen molar-refractivity contribution in [2.24, 2.45) is 11.8 Å². The van der Waals surface area contributed by atoms with E-state index >= 15 is 0 Å². The third kappa shape index (κ3) is 7.08. The number of hydrogen-bond acceptors (Lipinski definition) is 3. The van der Waals surface area contributed by atoms with Crippen molar-refractivity contribution in [2.45, 2.75) is 69.8 Å². The minimum absolute atomic E-state index is 0.166. The monoisotopic (exact) mass is 407 g/mol. The molecule has 3 rings (SSSR count). The van der Waals surface area contributed by atoms with Crippen LogP contribution in [0.1, 0.15) is 62.8 Å². The van der Waals surface area contributed by atoms with E-state index in [4.69, 9.17) is 10.00 Å². The Bertz CT molecular complexity index is 692. The number of allylic oxidation sites excluding steroid dienone is 2. The molecule has 2 aliphatic carbocycles. The van der Waals surface area contributed by atoms with Crippen LogP contribution >= 0.6 is 0 Å². The Labute approximate surface area is 170 Å². The number of hydrogen-bond donors (Lipinski definition) is 0. The van der Waals surface area contributed by atoms with Crippen molar-refractivity contribution in [3.8, 4) is 11.8 Å². The maximum atomic E-state index is 12.3. The van der Waals surface area contributed by atoms with Crippen LogP contribution in [0.15, 0.2) is 36.4 Å². The van der Waals surface area contributed by atoms with Gasteiger partial charge in [-0.1, -0.05) is 18.2 Å². The lowest BCUT2D eigenvalue weighted by molar-refractivity contribution is -0.274. The molecule has 29 heavy (non-hydrogen) atoms. The zero-order chi connectivity index (χ0) is 20.7. The number of benzene rings is 1. The molecule has 158 valence electrons. The molecule has 0 unspecified atom stereocenters. The highest BCUT2D eigenvalue weighted by atomic mass is 19.4. The lowest BCUT2D eigenvalue weighted by Crippen LogP contribution is -2.25. The number of halogens is 3. The predicted molar refractivity (Wildman–Crippen MR) is 104 cm³/mol. The van der Waals surface area contributed by atoms with Crippen LogP contribution in [0.5, 0.6) is 5.75 Å². The number of nitrogens with zero attached hydrogens (tertiary/aromatic N) is 1. The van der Waals surface area contributed by atoms with Gasteiger partial charge in [0.25, 0.3) is 0 Å². The van der Waals surface area contributed by atoms with Crippen LogP contribution in [-0.4, -0.2) is 19.1 Å². The van der Waals surface area contributed by atoms with Gasteiger partial charge in [0.1, 0.15) is 5.75 Å². The molecule has 0 atom stereocenters. The molecule has 3 nitrogen and oxygen atoms in total. The summed E-state index contributed by atoms with van der Waals surface area (Å²) in [6, 6.07) is 8.37. The van der Waals surface area contributed by atoms with Crippen LogP contribution in [0.2, 0.25) is 0 Å². The minimum Gasteiger partial charge on any atom is -0.406 e. The highest BCUT2D eigenvalue weighted by molar-refractivity contribution is 5.29. The normalized spacial score (nSPS) is 28.2. The predicted octanol–water partition coefficient (Wildman–Crippen LogP) is 6.51. The van der Waals surface area contributed by atoms with Gasteiger partial charge in [0.15, 0.2) is 0 Å². The Kier molecular flexibility index (Phi) is 7.60. The molecule has 2 saturated carbocycles. The molecule has 0 aliphatic heterocycles. The van der Waals surface area contributed by atoms with E-state index in [1.54, 1.807) is 18.2 Å². The van der Waals surface area contributed by atoms with E-state index in [9.17, 15) is 13.2 Å². The smallest absolute Gasteiger partial charge is 0.406 e. The van der Waals surface area contributed by atoms with Crippen LogP contribution < -0.4 is 4.74 Å². The lowest BCUT2D eigenvalue weighted by Gasteiger charge is -2.32.